The van der Waals surface area contributed by atoms with Crippen LogP contribution in [0, 0.1) is 0 Å². The van der Waals surface area contributed by atoms with Gasteiger partial charge in [0.05, 0.1) is 23.1 Å². The summed E-state index contributed by atoms with van der Waals surface area (Å²) in [5.41, 5.74) is 4.18. The van der Waals surface area contributed by atoms with Gasteiger partial charge < -0.3 is 10.1 Å². The fourth-order valence-electron chi connectivity index (χ4n) is 5.04. The average molecular weight is 445 g/mol. The number of halogens is 2. The minimum atomic E-state index is -2.60. The molecule has 1 aliphatic carbocycles. The van der Waals surface area contributed by atoms with Crippen molar-refractivity contribution in [2.45, 2.75) is 69.9 Å². The summed E-state index contributed by atoms with van der Waals surface area (Å²) in [5.74, 6) is -3.27. The highest BCUT2D eigenvalue weighted by Gasteiger charge is 2.48. The molecule has 1 amide bonds. The van der Waals surface area contributed by atoms with Crippen LogP contribution in [-0.4, -0.2) is 51.9 Å². The number of ether oxygens (including phenoxy) is 1. The smallest absolute Gasteiger partial charge is 0.410 e. The zero-order valence-electron chi connectivity index (χ0n) is 18.8. The van der Waals surface area contributed by atoms with E-state index in [2.05, 4.69) is 5.32 Å². The second kappa shape index (κ2) is 7.54. The molecule has 0 spiro atoms. The highest BCUT2D eigenvalue weighted by Crippen LogP contribution is 2.50. The molecular formula is C24H30F2N4O2. The Morgan fingerprint density at radius 2 is 1.97 bits per heavy atom. The number of aromatic nitrogens is 2. The van der Waals surface area contributed by atoms with Gasteiger partial charge in [-0.3, -0.25) is 4.90 Å². The molecule has 1 N–H and O–H groups in total. The van der Waals surface area contributed by atoms with E-state index in [4.69, 9.17) is 9.84 Å². The number of rotatable bonds is 2. The number of benzene rings is 1. The average Bonchev–Trinajstić information content (AvgIpc) is 2.95. The maximum atomic E-state index is 13.8. The predicted molar refractivity (Wildman–Crippen MR) is 116 cm³/mol. The molecule has 2 aromatic rings. The summed E-state index contributed by atoms with van der Waals surface area (Å²) in [5, 5.41) is 8.32. The Labute approximate surface area is 186 Å². The lowest BCUT2D eigenvalue weighted by molar-refractivity contribution is -0.0962. The van der Waals surface area contributed by atoms with E-state index in [0.717, 1.165) is 35.6 Å². The second-order valence-corrected chi connectivity index (χ2v) is 10.1. The van der Waals surface area contributed by atoms with E-state index in [1.165, 1.54) is 0 Å². The summed E-state index contributed by atoms with van der Waals surface area (Å²) in [6, 6.07) is 7.26. The third kappa shape index (κ3) is 3.68. The first-order valence-electron chi connectivity index (χ1n) is 11.4. The van der Waals surface area contributed by atoms with Gasteiger partial charge in [-0.1, -0.05) is 12.1 Å². The van der Waals surface area contributed by atoms with Gasteiger partial charge in [-0.25, -0.2) is 18.3 Å². The van der Waals surface area contributed by atoms with Crippen LogP contribution in [0.25, 0.3) is 5.69 Å². The van der Waals surface area contributed by atoms with E-state index in [0.29, 0.717) is 31.5 Å². The Morgan fingerprint density at radius 3 is 2.59 bits per heavy atom. The number of nitrogens with one attached hydrogen (secondary N) is 1. The number of alkyl halides is 2. The van der Waals surface area contributed by atoms with Gasteiger partial charge in [0.25, 0.3) is 5.92 Å². The van der Waals surface area contributed by atoms with Crippen LogP contribution in [0.4, 0.5) is 13.6 Å². The summed E-state index contributed by atoms with van der Waals surface area (Å²) >= 11 is 0. The number of carbonyl (C=O) groups is 1. The number of hydrogen-bond acceptors (Lipinski definition) is 4. The van der Waals surface area contributed by atoms with Gasteiger partial charge in [0.2, 0.25) is 0 Å². The number of nitrogens with zero attached hydrogens (tertiary/aromatic N) is 3. The van der Waals surface area contributed by atoms with Gasteiger partial charge in [0, 0.05) is 50.4 Å². The number of amides is 1. The molecule has 6 nitrogen and oxygen atoms in total. The highest BCUT2D eigenvalue weighted by atomic mass is 19.3. The second-order valence-electron chi connectivity index (χ2n) is 10.1. The lowest BCUT2D eigenvalue weighted by Gasteiger charge is -2.37. The molecule has 2 unspecified atom stereocenters. The van der Waals surface area contributed by atoms with Crippen LogP contribution < -0.4 is 5.32 Å². The molecule has 1 fully saturated rings. The molecule has 2 atom stereocenters. The van der Waals surface area contributed by atoms with Crippen molar-refractivity contribution in [1.29, 1.82) is 0 Å². The van der Waals surface area contributed by atoms with Gasteiger partial charge in [0.1, 0.15) is 5.60 Å². The van der Waals surface area contributed by atoms with E-state index in [1.54, 1.807) is 0 Å². The Kier molecular flexibility index (Phi) is 5.04. The van der Waals surface area contributed by atoms with Crippen LogP contribution >= 0.6 is 0 Å². The van der Waals surface area contributed by atoms with Crippen LogP contribution in [0.3, 0.4) is 0 Å². The van der Waals surface area contributed by atoms with Crippen LogP contribution in [0.2, 0.25) is 0 Å². The quantitative estimate of drug-likeness (QED) is 0.748. The highest BCUT2D eigenvalue weighted by molar-refractivity contribution is 5.70. The molecule has 1 aromatic carbocycles. The van der Waals surface area contributed by atoms with E-state index >= 15 is 0 Å². The molecule has 0 bridgehead atoms. The summed E-state index contributed by atoms with van der Waals surface area (Å²) in [6.45, 7) is 7.61. The van der Waals surface area contributed by atoms with E-state index in [-0.39, 0.29) is 18.6 Å². The molecular weight excluding hydrogens is 414 g/mol. The summed E-state index contributed by atoms with van der Waals surface area (Å²) in [7, 11) is 0. The van der Waals surface area contributed by atoms with Gasteiger partial charge in [-0.05, 0) is 44.9 Å². The van der Waals surface area contributed by atoms with Gasteiger partial charge >= 0.3 is 6.09 Å². The van der Waals surface area contributed by atoms with Crippen molar-refractivity contribution in [2.75, 3.05) is 19.6 Å². The van der Waals surface area contributed by atoms with Crippen LogP contribution in [0.5, 0.6) is 0 Å². The molecule has 172 valence electrons. The zero-order valence-corrected chi connectivity index (χ0v) is 18.8. The van der Waals surface area contributed by atoms with E-state index in [1.807, 2.05) is 54.6 Å². The molecule has 32 heavy (non-hydrogen) atoms. The van der Waals surface area contributed by atoms with Crippen LogP contribution in [0.1, 0.15) is 68.1 Å². The molecule has 1 saturated carbocycles. The van der Waals surface area contributed by atoms with Crippen molar-refractivity contribution < 1.29 is 18.3 Å². The summed E-state index contributed by atoms with van der Waals surface area (Å²) in [6.07, 6.45) is 1.64. The minimum absolute atomic E-state index is 0.0288. The van der Waals surface area contributed by atoms with Crippen molar-refractivity contribution >= 4 is 6.09 Å². The monoisotopic (exact) mass is 444 g/mol. The topological polar surface area (TPSA) is 59.4 Å². The van der Waals surface area contributed by atoms with E-state index in [9.17, 15) is 13.6 Å². The molecule has 8 heteroatoms. The number of hydrogen-bond donors (Lipinski definition) is 1. The summed E-state index contributed by atoms with van der Waals surface area (Å²) in [4.78, 5) is 14.7. The maximum Gasteiger partial charge on any atom is 0.410 e. The molecule has 0 saturated heterocycles. The first-order chi connectivity index (χ1) is 15.1. The van der Waals surface area contributed by atoms with Crippen molar-refractivity contribution in [1.82, 2.24) is 20.0 Å². The Bertz CT molecular complexity index is 1030. The molecule has 3 aliphatic rings. The van der Waals surface area contributed by atoms with Crippen LogP contribution in [0.15, 0.2) is 24.3 Å². The van der Waals surface area contributed by atoms with Gasteiger partial charge in [-0.15, -0.1) is 0 Å². The first-order valence-corrected chi connectivity index (χ1v) is 11.4. The summed E-state index contributed by atoms with van der Waals surface area (Å²) < 4.78 is 35.2. The fraction of sp³-hybridized carbons (Fsp3) is 0.583. The Hall–Kier alpha value is -2.48. The molecule has 1 aromatic heterocycles. The third-order valence-corrected chi connectivity index (χ3v) is 6.72. The zero-order chi connectivity index (χ0) is 22.7. The largest absolute Gasteiger partial charge is 0.444 e. The maximum absolute atomic E-state index is 13.8. The minimum Gasteiger partial charge on any atom is -0.444 e. The van der Waals surface area contributed by atoms with Gasteiger partial charge in [-0.2, -0.15) is 5.10 Å². The first kappa shape index (κ1) is 21.4. The third-order valence-electron chi connectivity index (χ3n) is 6.72. The van der Waals surface area contributed by atoms with Crippen molar-refractivity contribution in [3.63, 3.8) is 0 Å². The lowest BCUT2D eigenvalue weighted by atomic mass is 9.76. The standard InChI is InChI=1S/C24H30F2N4O2/c1-23(2,3)32-22(31)29-13-10-19-21-18(9-12-27-14-20(21)29)28-30(19)16-6-4-15(5-7-16)17-8-11-24(17,25)26/h4-7,17,20,27H,8-14H2,1-3H3. The SMILES string of the molecule is CC(C)(C)OC(=O)N1CCc2c3c(nn2-c2ccc(C4CCC4(F)F)cc2)CCNCC31. The number of carbonyl (C=O) groups excluding carboxylic acids is 1. The van der Waals surface area contributed by atoms with Crippen molar-refractivity contribution in [2.24, 2.45) is 0 Å². The molecule has 0 radical (unpaired) electrons. The van der Waals surface area contributed by atoms with Gasteiger partial charge in [0.15, 0.2) is 0 Å². The molecule has 5 rings (SSSR count). The van der Waals surface area contributed by atoms with E-state index < -0.39 is 17.4 Å². The van der Waals surface area contributed by atoms with Crippen molar-refractivity contribution in [3.05, 3.63) is 46.8 Å². The fourth-order valence-corrected chi connectivity index (χ4v) is 5.04. The molecule has 2 aliphatic heterocycles. The molecule has 3 heterocycles. The lowest BCUT2D eigenvalue weighted by Crippen LogP contribution is -2.46. The van der Waals surface area contributed by atoms with Crippen molar-refractivity contribution in [3.8, 4) is 5.69 Å². The predicted octanol–water partition coefficient (Wildman–Crippen LogP) is 4.37. The normalized spacial score (nSPS) is 24.3. The Balaban J connectivity index is 1.46. The van der Waals surface area contributed by atoms with Crippen LogP contribution in [-0.2, 0) is 17.6 Å². The Morgan fingerprint density at radius 1 is 1.22 bits per heavy atom.